The third-order valence-corrected chi connectivity index (χ3v) is 6.87. The molecule has 4 rings (SSSR count). The first-order valence-corrected chi connectivity index (χ1v) is 13.5. The standard InChI is InChI=1S/C33H33ClN2O4/c1-39-29-18-15-25(21-30(29)40-2)19-20-35-33(38)32(27-11-7-4-8-12-27)36(23-26-13-16-28(34)17-14-26)31(37)22-24-9-5-3-6-10-24/h3-18,21,32H,19-20,22-23H2,1-2H3,(H,35,38). The Bertz CT molecular complexity index is 1400. The highest BCUT2D eigenvalue weighted by Gasteiger charge is 2.31. The van der Waals surface area contributed by atoms with Crippen molar-refractivity contribution in [1.82, 2.24) is 10.2 Å². The predicted octanol–water partition coefficient (Wildman–Crippen LogP) is 6.03. The number of methoxy groups -OCH3 is 2. The van der Waals surface area contributed by atoms with E-state index in [-0.39, 0.29) is 24.8 Å². The van der Waals surface area contributed by atoms with Crippen LogP contribution in [0.4, 0.5) is 0 Å². The van der Waals surface area contributed by atoms with E-state index in [0.717, 1.165) is 22.3 Å². The monoisotopic (exact) mass is 556 g/mol. The number of carbonyl (C=O) groups is 2. The Morgan fingerprint density at radius 3 is 2.05 bits per heavy atom. The van der Waals surface area contributed by atoms with Crippen LogP contribution < -0.4 is 14.8 Å². The van der Waals surface area contributed by atoms with Crippen molar-refractivity contribution < 1.29 is 19.1 Å². The first kappa shape index (κ1) is 28.7. The van der Waals surface area contributed by atoms with Crippen LogP contribution in [0, 0.1) is 0 Å². The van der Waals surface area contributed by atoms with Crippen molar-refractivity contribution in [3.05, 3.63) is 130 Å². The Kier molecular flexibility index (Phi) is 10.2. The first-order chi connectivity index (χ1) is 19.5. The minimum Gasteiger partial charge on any atom is -0.493 e. The second-order valence-corrected chi connectivity index (χ2v) is 9.79. The number of hydrogen-bond acceptors (Lipinski definition) is 4. The lowest BCUT2D eigenvalue weighted by atomic mass is 10.0. The Labute approximate surface area is 240 Å². The van der Waals surface area contributed by atoms with Gasteiger partial charge in [0, 0.05) is 18.1 Å². The van der Waals surface area contributed by atoms with Gasteiger partial charge in [-0.1, -0.05) is 90.5 Å². The molecule has 0 saturated heterocycles. The summed E-state index contributed by atoms with van der Waals surface area (Å²) in [5.74, 6) is 0.885. The molecule has 0 aliphatic carbocycles. The molecule has 206 valence electrons. The molecule has 4 aromatic carbocycles. The summed E-state index contributed by atoms with van der Waals surface area (Å²) in [5.41, 5.74) is 3.49. The summed E-state index contributed by atoms with van der Waals surface area (Å²) in [5, 5.41) is 3.67. The molecule has 0 aliphatic rings. The number of nitrogens with zero attached hydrogens (tertiary/aromatic N) is 1. The summed E-state index contributed by atoms with van der Waals surface area (Å²) < 4.78 is 10.7. The fraction of sp³-hybridized carbons (Fsp3) is 0.212. The number of rotatable bonds is 12. The average Bonchev–Trinajstić information content (AvgIpc) is 2.98. The summed E-state index contributed by atoms with van der Waals surface area (Å²) in [4.78, 5) is 29.3. The third kappa shape index (κ3) is 7.64. The van der Waals surface area contributed by atoms with E-state index in [9.17, 15) is 9.59 Å². The molecule has 40 heavy (non-hydrogen) atoms. The summed E-state index contributed by atoms with van der Waals surface area (Å²) >= 11 is 6.11. The lowest BCUT2D eigenvalue weighted by Gasteiger charge is -2.32. The van der Waals surface area contributed by atoms with E-state index < -0.39 is 6.04 Å². The Hall–Kier alpha value is -4.29. The molecule has 2 amide bonds. The van der Waals surface area contributed by atoms with Crippen LogP contribution in [0.5, 0.6) is 11.5 Å². The molecule has 0 bridgehead atoms. The van der Waals surface area contributed by atoms with Crippen LogP contribution in [-0.4, -0.2) is 37.5 Å². The lowest BCUT2D eigenvalue weighted by Crippen LogP contribution is -2.44. The molecule has 0 fully saturated rings. The van der Waals surface area contributed by atoms with Gasteiger partial charge in [-0.25, -0.2) is 0 Å². The molecule has 0 radical (unpaired) electrons. The van der Waals surface area contributed by atoms with Crippen LogP contribution in [0.15, 0.2) is 103 Å². The van der Waals surface area contributed by atoms with Crippen molar-refractivity contribution in [3.8, 4) is 11.5 Å². The van der Waals surface area contributed by atoms with Gasteiger partial charge in [0.1, 0.15) is 6.04 Å². The van der Waals surface area contributed by atoms with Gasteiger partial charge in [0.2, 0.25) is 11.8 Å². The van der Waals surface area contributed by atoms with Crippen LogP contribution in [0.1, 0.15) is 28.3 Å². The number of amides is 2. The molecule has 6 nitrogen and oxygen atoms in total. The fourth-order valence-corrected chi connectivity index (χ4v) is 4.68. The largest absolute Gasteiger partial charge is 0.493 e. The van der Waals surface area contributed by atoms with Gasteiger partial charge in [0.05, 0.1) is 20.6 Å². The second kappa shape index (κ2) is 14.2. The van der Waals surface area contributed by atoms with Crippen molar-refractivity contribution in [2.75, 3.05) is 20.8 Å². The highest BCUT2D eigenvalue weighted by Crippen LogP contribution is 2.28. The zero-order valence-corrected chi connectivity index (χ0v) is 23.4. The van der Waals surface area contributed by atoms with E-state index in [4.69, 9.17) is 21.1 Å². The van der Waals surface area contributed by atoms with E-state index in [1.165, 1.54) is 0 Å². The van der Waals surface area contributed by atoms with Gasteiger partial charge in [0.15, 0.2) is 11.5 Å². The smallest absolute Gasteiger partial charge is 0.247 e. The number of ether oxygens (including phenoxy) is 2. The van der Waals surface area contributed by atoms with Crippen molar-refractivity contribution >= 4 is 23.4 Å². The van der Waals surface area contributed by atoms with E-state index in [2.05, 4.69) is 5.32 Å². The number of benzene rings is 4. The van der Waals surface area contributed by atoms with E-state index in [1.54, 1.807) is 31.3 Å². The minimum atomic E-state index is -0.821. The highest BCUT2D eigenvalue weighted by molar-refractivity contribution is 6.30. The van der Waals surface area contributed by atoms with Gasteiger partial charge in [-0.2, -0.15) is 0 Å². The topological polar surface area (TPSA) is 67.9 Å². The van der Waals surface area contributed by atoms with Gasteiger partial charge < -0.3 is 19.7 Å². The quantitative estimate of drug-likeness (QED) is 0.231. The molecule has 4 aromatic rings. The zero-order chi connectivity index (χ0) is 28.3. The van der Waals surface area contributed by atoms with Crippen molar-refractivity contribution in [2.24, 2.45) is 0 Å². The number of halogens is 1. The Morgan fingerprint density at radius 2 is 1.40 bits per heavy atom. The summed E-state index contributed by atoms with van der Waals surface area (Å²) in [7, 11) is 3.19. The van der Waals surface area contributed by atoms with Crippen molar-refractivity contribution in [1.29, 1.82) is 0 Å². The van der Waals surface area contributed by atoms with Gasteiger partial charge >= 0.3 is 0 Å². The predicted molar refractivity (Wildman–Crippen MR) is 158 cm³/mol. The van der Waals surface area contributed by atoms with Gasteiger partial charge in [-0.3, -0.25) is 9.59 Å². The van der Waals surface area contributed by atoms with Crippen LogP contribution >= 0.6 is 11.6 Å². The second-order valence-electron chi connectivity index (χ2n) is 9.35. The van der Waals surface area contributed by atoms with Crippen molar-refractivity contribution in [3.63, 3.8) is 0 Å². The third-order valence-electron chi connectivity index (χ3n) is 6.62. The number of nitrogens with one attached hydrogen (secondary N) is 1. The SMILES string of the molecule is COc1ccc(CCNC(=O)C(c2ccccc2)N(Cc2ccc(Cl)cc2)C(=O)Cc2ccccc2)cc1OC. The summed E-state index contributed by atoms with van der Waals surface area (Å²) in [6.07, 6.45) is 0.763. The van der Waals surface area contributed by atoms with Crippen molar-refractivity contribution in [2.45, 2.75) is 25.4 Å². The van der Waals surface area contributed by atoms with Crippen LogP contribution in [-0.2, 0) is 29.0 Å². The maximum absolute atomic E-state index is 13.8. The molecular formula is C33H33ClN2O4. The molecule has 0 aliphatic heterocycles. The Morgan fingerprint density at radius 1 is 0.775 bits per heavy atom. The van der Waals surface area contributed by atoms with Gasteiger partial charge in [0.25, 0.3) is 0 Å². The number of carbonyl (C=O) groups excluding carboxylic acids is 2. The van der Waals surface area contributed by atoms with E-state index in [0.29, 0.717) is 29.5 Å². The molecule has 7 heteroatoms. The molecule has 1 unspecified atom stereocenters. The van der Waals surface area contributed by atoms with E-state index >= 15 is 0 Å². The molecule has 1 N–H and O–H groups in total. The summed E-state index contributed by atoms with van der Waals surface area (Å²) in [6.45, 7) is 0.644. The minimum absolute atomic E-state index is 0.148. The normalized spacial score (nSPS) is 11.4. The molecule has 0 heterocycles. The van der Waals surface area contributed by atoms with Crippen LogP contribution in [0.25, 0.3) is 0 Å². The van der Waals surface area contributed by atoms with Gasteiger partial charge in [-0.05, 0) is 52.9 Å². The molecule has 0 saturated carbocycles. The van der Waals surface area contributed by atoms with E-state index in [1.807, 2.05) is 91.0 Å². The highest BCUT2D eigenvalue weighted by atomic mass is 35.5. The lowest BCUT2D eigenvalue weighted by molar-refractivity contribution is -0.141. The van der Waals surface area contributed by atoms with Crippen LogP contribution in [0.3, 0.4) is 0 Å². The molecule has 1 atom stereocenters. The van der Waals surface area contributed by atoms with Gasteiger partial charge in [-0.15, -0.1) is 0 Å². The number of hydrogen-bond donors (Lipinski definition) is 1. The Balaban J connectivity index is 1.59. The summed E-state index contributed by atoms with van der Waals surface area (Å²) in [6, 6.07) is 31.2. The maximum Gasteiger partial charge on any atom is 0.247 e. The molecular weight excluding hydrogens is 524 g/mol. The zero-order valence-electron chi connectivity index (χ0n) is 22.7. The average molecular weight is 557 g/mol. The maximum atomic E-state index is 13.8. The fourth-order valence-electron chi connectivity index (χ4n) is 4.55. The molecule has 0 spiro atoms. The van der Waals surface area contributed by atoms with Crippen LogP contribution in [0.2, 0.25) is 5.02 Å². The first-order valence-electron chi connectivity index (χ1n) is 13.1. The molecule has 0 aromatic heterocycles.